The highest BCUT2D eigenvalue weighted by atomic mass is 31.2. The molecule has 0 aliphatic heterocycles. The fraction of sp³-hybridized carbons (Fsp3) is 0.846. The summed E-state index contributed by atoms with van der Waals surface area (Å²) in [6.45, 7) is 3.66. The Labute approximate surface area is 300 Å². The van der Waals surface area contributed by atoms with E-state index in [-0.39, 0.29) is 32.6 Å². The van der Waals surface area contributed by atoms with E-state index in [0.29, 0.717) is 6.42 Å². The van der Waals surface area contributed by atoms with Gasteiger partial charge >= 0.3 is 19.8 Å². The van der Waals surface area contributed by atoms with Crippen molar-refractivity contribution in [3.8, 4) is 0 Å². The molecule has 0 heterocycles. The average molecular weight is 716 g/mol. The zero-order chi connectivity index (χ0) is 36.1. The molecule has 0 bridgehead atoms. The Morgan fingerprint density at radius 2 is 1.10 bits per heavy atom. The first-order valence-electron chi connectivity index (χ1n) is 19.8. The summed E-state index contributed by atoms with van der Waals surface area (Å²) >= 11 is 0. The van der Waals surface area contributed by atoms with Crippen molar-refractivity contribution in [2.45, 2.75) is 187 Å². The van der Waals surface area contributed by atoms with Crippen LogP contribution in [0.2, 0.25) is 0 Å². The van der Waals surface area contributed by atoms with Gasteiger partial charge in [-0.05, 0) is 32.1 Å². The van der Waals surface area contributed by atoms with Crippen LogP contribution in [0.3, 0.4) is 0 Å². The van der Waals surface area contributed by atoms with Crippen molar-refractivity contribution in [3.63, 3.8) is 0 Å². The van der Waals surface area contributed by atoms with Crippen molar-refractivity contribution in [2.75, 3.05) is 26.4 Å². The maximum absolute atomic E-state index is 12.5. The fourth-order valence-corrected chi connectivity index (χ4v) is 6.16. The highest BCUT2D eigenvalue weighted by Gasteiger charge is 2.25. The molecule has 0 rings (SSSR count). The third kappa shape index (κ3) is 36.1. The van der Waals surface area contributed by atoms with Crippen LogP contribution in [0.4, 0.5) is 0 Å². The third-order valence-electron chi connectivity index (χ3n) is 8.35. The molecule has 0 saturated carbocycles. The van der Waals surface area contributed by atoms with E-state index >= 15 is 0 Å². The van der Waals surface area contributed by atoms with E-state index in [4.69, 9.17) is 24.3 Å². The zero-order valence-corrected chi connectivity index (χ0v) is 32.3. The molecule has 9 nitrogen and oxygen atoms in total. The summed E-state index contributed by atoms with van der Waals surface area (Å²) in [6, 6.07) is 0. The molecule has 0 saturated heterocycles. The highest BCUT2D eigenvalue weighted by Crippen LogP contribution is 2.43. The van der Waals surface area contributed by atoms with Gasteiger partial charge in [0.2, 0.25) is 0 Å². The number of esters is 2. The van der Waals surface area contributed by atoms with Gasteiger partial charge in [-0.2, -0.15) is 0 Å². The van der Waals surface area contributed by atoms with Crippen molar-refractivity contribution in [1.82, 2.24) is 0 Å². The minimum absolute atomic E-state index is 0.0473. The summed E-state index contributed by atoms with van der Waals surface area (Å²) in [5, 5.41) is 0. The predicted octanol–water partition coefficient (Wildman–Crippen LogP) is 10.8. The Hall–Kier alpha value is -1.51. The highest BCUT2D eigenvalue weighted by molar-refractivity contribution is 7.47. The van der Waals surface area contributed by atoms with Crippen LogP contribution >= 0.6 is 7.82 Å². The van der Waals surface area contributed by atoms with Crippen LogP contribution < -0.4 is 5.73 Å². The summed E-state index contributed by atoms with van der Waals surface area (Å²) in [4.78, 5) is 34.7. The molecule has 2 unspecified atom stereocenters. The topological polar surface area (TPSA) is 134 Å². The maximum Gasteiger partial charge on any atom is 0.472 e. The van der Waals surface area contributed by atoms with E-state index in [1.165, 1.54) is 116 Å². The second-order valence-corrected chi connectivity index (χ2v) is 14.6. The SMILES string of the molecule is CCCCCCCCCCC=CCC=CCCC(=O)OC(COC(=O)CCCCCCCCCCCCCCC)COP(=O)(O)OCCN. The first-order valence-corrected chi connectivity index (χ1v) is 21.3. The molecule has 0 radical (unpaired) electrons. The van der Waals surface area contributed by atoms with E-state index in [0.717, 1.165) is 32.1 Å². The Kier molecular flexibility index (Phi) is 35.2. The summed E-state index contributed by atoms with van der Waals surface area (Å²) in [5.74, 6) is -0.902. The Morgan fingerprint density at radius 3 is 1.63 bits per heavy atom. The van der Waals surface area contributed by atoms with Crippen molar-refractivity contribution in [3.05, 3.63) is 24.3 Å². The number of unbranched alkanes of at least 4 members (excludes halogenated alkanes) is 20. The molecule has 0 aliphatic carbocycles. The van der Waals surface area contributed by atoms with Crippen molar-refractivity contribution in [2.24, 2.45) is 5.73 Å². The van der Waals surface area contributed by atoms with E-state index in [1.54, 1.807) is 0 Å². The smallest absolute Gasteiger partial charge is 0.462 e. The van der Waals surface area contributed by atoms with Gasteiger partial charge in [0.1, 0.15) is 6.61 Å². The largest absolute Gasteiger partial charge is 0.472 e. The van der Waals surface area contributed by atoms with E-state index < -0.39 is 32.5 Å². The summed E-state index contributed by atoms with van der Waals surface area (Å²) < 4.78 is 32.6. The molecule has 0 aromatic carbocycles. The zero-order valence-electron chi connectivity index (χ0n) is 31.4. The van der Waals surface area contributed by atoms with Gasteiger partial charge in [0, 0.05) is 19.4 Å². The van der Waals surface area contributed by atoms with Crippen LogP contribution in [-0.4, -0.2) is 49.3 Å². The van der Waals surface area contributed by atoms with Crippen molar-refractivity contribution < 1.29 is 37.6 Å². The molecular weight excluding hydrogens is 641 g/mol. The predicted molar refractivity (Wildman–Crippen MR) is 201 cm³/mol. The number of rotatable bonds is 37. The quantitative estimate of drug-likeness (QED) is 0.0279. The molecule has 0 aromatic heterocycles. The number of allylic oxidation sites excluding steroid dienone is 4. The second-order valence-electron chi connectivity index (χ2n) is 13.2. The standard InChI is InChI=1S/C39H74NO8P/c1-3-5-7-9-11-13-15-17-18-20-22-24-26-28-30-32-39(42)48-37(36-47-49(43,44)46-34-33-40)35-45-38(41)31-29-27-25-23-21-19-16-14-12-10-8-6-4-2/h20,22,26,28,37H,3-19,21,23-25,27,29-36,40H2,1-2H3,(H,43,44). The molecule has 0 spiro atoms. The van der Waals surface area contributed by atoms with Gasteiger partial charge in [-0.3, -0.25) is 18.6 Å². The van der Waals surface area contributed by atoms with Crippen molar-refractivity contribution >= 4 is 19.8 Å². The van der Waals surface area contributed by atoms with Gasteiger partial charge in [-0.15, -0.1) is 0 Å². The Morgan fingerprint density at radius 1 is 0.612 bits per heavy atom. The van der Waals surface area contributed by atoms with Crippen LogP contribution in [0.5, 0.6) is 0 Å². The van der Waals surface area contributed by atoms with Crippen LogP contribution in [0.25, 0.3) is 0 Å². The number of ether oxygens (including phenoxy) is 2. The minimum Gasteiger partial charge on any atom is -0.462 e. The number of phosphoric ester groups is 1. The summed E-state index contributed by atoms with van der Waals surface area (Å²) in [7, 11) is -4.38. The molecule has 0 amide bonds. The normalized spacial score (nSPS) is 13.6. The molecule has 0 fully saturated rings. The molecule has 0 aliphatic rings. The number of hydrogen-bond donors (Lipinski definition) is 2. The average Bonchev–Trinajstić information content (AvgIpc) is 3.08. The first-order chi connectivity index (χ1) is 23.8. The number of phosphoric acid groups is 1. The number of carbonyl (C=O) groups excluding carboxylic acids is 2. The minimum atomic E-state index is -4.38. The Bertz CT molecular complexity index is 866. The van der Waals surface area contributed by atoms with E-state index in [1.807, 2.05) is 12.2 Å². The van der Waals surface area contributed by atoms with Gasteiger partial charge < -0.3 is 20.1 Å². The monoisotopic (exact) mass is 716 g/mol. The van der Waals surface area contributed by atoms with Gasteiger partial charge in [-0.25, -0.2) is 4.57 Å². The molecule has 49 heavy (non-hydrogen) atoms. The lowest BCUT2D eigenvalue weighted by atomic mass is 10.0. The van der Waals surface area contributed by atoms with Crippen molar-refractivity contribution in [1.29, 1.82) is 0 Å². The molecule has 288 valence electrons. The van der Waals surface area contributed by atoms with Gasteiger partial charge in [0.25, 0.3) is 0 Å². The maximum atomic E-state index is 12.5. The Balaban J connectivity index is 4.27. The van der Waals surface area contributed by atoms with E-state index in [9.17, 15) is 19.0 Å². The lowest BCUT2D eigenvalue weighted by molar-refractivity contribution is -0.161. The molecule has 0 aromatic rings. The summed E-state index contributed by atoms with van der Waals surface area (Å²) in [5.41, 5.74) is 5.33. The summed E-state index contributed by atoms with van der Waals surface area (Å²) in [6.07, 6.45) is 36.5. The molecule has 10 heteroatoms. The van der Waals surface area contributed by atoms with Gasteiger partial charge in [0.15, 0.2) is 6.10 Å². The first kappa shape index (κ1) is 47.5. The van der Waals surface area contributed by atoms with Crippen LogP contribution in [-0.2, 0) is 32.7 Å². The number of carbonyl (C=O) groups is 2. The third-order valence-corrected chi connectivity index (χ3v) is 9.34. The van der Waals surface area contributed by atoms with Gasteiger partial charge in [0.05, 0.1) is 13.2 Å². The van der Waals surface area contributed by atoms with Crippen LogP contribution in [0, 0.1) is 0 Å². The van der Waals surface area contributed by atoms with Gasteiger partial charge in [-0.1, -0.05) is 160 Å². The van der Waals surface area contributed by atoms with Crippen LogP contribution in [0.1, 0.15) is 181 Å². The molecule has 3 N–H and O–H groups in total. The lowest BCUT2D eigenvalue weighted by Crippen LogP contribution is -2.29. The van der Waals surface area contributed by atoms with Crippen LogP contribution in [0.15, 0.2) is 24.3 Å². The fourth-order valence-electron chi connectivity index (χ4n) is 5.39. The van der Waals surface area contributed by atoms with E-state index in [2.05, 4.69) is 26.0 Å². The lowest BCUT2D eigenvalue weighted by Gasteiger charge is -2.19. The number of nitrogens with two attached hydrogens (primary N) is 1. The molecular formula is C39H74NO8P. The number of hydrogen-bond acceptors (Lipinski definition) is 8. The second kappa shape index (κ2) is 36.3. The molecule has 2 atom stereocenters.